The quantitative estimate of drug-likeness (QED) is 0.590. The molecule has 0 bridgehead atoms. The second-order valence-corrected chi connectivity index (χ2v) is 8.06. The number of aromatic nitrogens is 1. The van der Waals surface area contributed by atoms with Crippen LogP contribution in [0.25, 0.3) is 0 Å². The number of fused-ring (bicyclic) bond motifs is 1. The zero-order chi connectivity index (χ0) is 20.1. The molecule has 0 saturated heterocycles. The molecule has 0 fully saturated rings. The van der Waals surface area contributed by atoms with E-state index in [0.29, 0.717) is 6.54 Å². The molecule has 6 heteroatoms. The van der Waals surface area contributed by atoms with Crippen molar-refractivity contribution in [3.05, 3.63) is 93.7 Å². The minimum absolute atomic E-state index is 0.223. The number of carbonyl (C=O) groups is 1. The lowest BCUT2D eigenvalue weighted by molar-refractivity contribution is 0.245. The number of benzene rings is 2. The summed E-state index contributed by atoms with van der Waals surface area (Å²) in [5, 5.41) is 5.71. The highest BCUT2D eigenvalue weighted by molar-refractivity contribution is 9.10. The molecule has 5 nitrogen and oxygen atoms in total. The maximum absolute atomic E-state index is 12.1. The normalized spacial score (nSPS) is 13.6. The number of pyridine rings is 1. The zero-order valence-corrected chi connectivity index (χ0v) is 17.7. The minimum Gasteiger partial charge on any atom is -0.334 e. The summed E-state index contributed by atoms with van der Waals surface area (Å²) in [5.41, 5.74) is 5.81. The smallest absolute Gasteiger partial charge is 0.319 e. The standard InChI is InChI=1S/C23H23BrN4O/c24-22-5-1-4-19-10-12-28(16-21(19)22)15-17-6-8-20(9-7-17)27-23(29)26-14-18-3-2-11-25-13-18/h1-9,11,13H,10,12,14-16H2,(H2,26,27,29). The number of urea groups is 1. The highest BCUT2D eigenvalue weighted by atomic mass is 79.9. The Morgan fingerprint density at radius 3 is 2.72 bits per heavy atom. The van der Waals surface area contributed by atoms with Crippen LogP contribution in [-0.4, -0.2) is 22.5 Å². The van der Waals surface area contributed by atoms with Crippen molar-refractivity contribution in [1.82, 2.24) is 15.2 Å². The fraction of sp³-hybridized carbons (Fsp3) is 0.217. The van der Waals surface area contributed by atoms with Crippen molar-refractivity contribution < 1.29 is 4.79 Å². The van der Waals surface area contributed by atoms with Gasteiger partial charge in [-0.25, -0.2) is 4.79 Å². The van der Waals surface area contributed by atoms with Crippen LogP contribution >= 0.6 is 15.9 Å². The first-order chi connectivity index (χ1) is 14.2. The lowest BCUT2D eigenvalue weighted by Gasteiger charge is -2.29. The fourth-order valence-corrected chi connectivity index (χ4v) is 4.08. The Labute approximate surface area is 179 Å². The Hall–Kier alpha value is -2.70. The van der Waals surface area contributed by atoms with E-state index in [-0.39, 0.29) is 6.03 Å². The van der Waals surface area contributed by atoms with Crippen LogP contribution < -0.4 is 10.6 Å². The molecule has 29 heavy (non-hydrogen) atoms. The van der Waals surface area contributed by atoms with Crippen molar-refractivity contribution in [2.75, 3.05) is 11.9 Å². The number of anilines is 1. The minimum atomic E-state index is -0.223. The van der Waals surface area contributed by atoms with Crippen LogP contribution in [0.5, 0.6) is 0 Å². The van der Waals surface area contributed by atoms with Gasteiger partial charge in [-0.1, -0.05) is 46.3 Å². The van der Waals surface area contributed by atoms with Gasteiger partial charge < -0.3 is 10.6 Å². The first-order valence-corrected chi connectivity index (χ1v) is 10.5. The molecule has 0 atom stereocenters. The lowest BCUT2D eigenvalue weighted by Crippen LogP contribution is -2.30. The first-order valence-electron chi connectivity index (χ1n) is 9.69. The van der Waals surface area contributed by atoms with E-state index in [1.54, 1.807) is 12.4 Å². The molecule has 148 valence electrons. The number of hydrogen-bond acceptors (Lipinski definition) is 3. The molecular formula is C23H23BrN4O. The van der Waals surface area contributed by atoms with Gasteiger partial charge in [-0.2, -0.15) is 0 Å². The molecule has 0 spiro atoms. The number of hydrogen-bond donors (Lipinski definition) is 2. The number of rotatable bonds is 5. The van der Waals surface area contributed by atoms with Gasteiger partial charge in [0, 0.05) is 48.7 Å². The van der Waals surface area contributed by atoms with Gasteiger partial charge in [0.1, 0.15) is 0 Å². The number of nitrogens with zero attached hydrogens (tertiary/aromatic N) is 2. The second-order valence-electron chi connectivity index (χ2n) is 7.20. The molecule has 2 aromatic carbocycles. The summed E-state index contributed by atoms with van der Waals surface area (Å²) in [6.07, 6.45) is 4.53. The largest absolute Gasteiger partial charge is 0.334 e. The van der Waals surface area contributed by atoms with Crippen molar-refractivity contribution in [3.63, 3.8) is 0 Å². The SMILES string of the molecule is O=C(NCc1cccnc1)Nc1ccc(CN2CCc3cccc(Br)c3C2)cc1. The van der Waals surface area contributed by atoms with Crippen LogP contribution in [-0.2, 0) is 26.1 Å². The van der Waals surface area contributed by atoms with Crippen LogP contribution in [0.2, 0.25) is 0 Å². The van der Waals surface area contributed by atoms with Crippen LogP contribution in [0.4, 0.5) is 10.5 Å². The maximum Gasteiger partial charge on any atom is 0.319 e. The van der Waals surface area contributed by atoms with Gasteiger partial charge in [0.05, 0.1) is 0 Å². The Bertz CT molecular complexity index is 976. The average Bonchev–Trinajstić information content (AvgIpc) is 2.75. The third-order valence-electron chi connectivity index (χ3n) is 5.09. The van der Waals surface area contributed by atoms with E-state index in [1.807, 2.05) is 24.3 Å². The van der Waals surface area contributed by atoms with Gasteiger partial charge >= 0.3 is 6.03 Å². The summed E-state index contributed by atoms with van der Waals surface area (Å²) in [4.78, 5) is 18.6. The number of amides is 2. The van der Waals surface area contributed by atoms with Crippen LogP contribution in [0, 0.1) is 0 Å². The molecule has 2 N–H and O–H groups in total. The third kappa shape index (κ3) is 5.22. The Morgan fingerprint density at radius 2 is 1.93 bits per heavy atom. The number of carbonyl (C=O) groups excluding carboxylic acids is 1. The highest BCUT2D eigenvalue weighted by Gasteiger charge is 2.18. The molecule has 3 aromatic rings. The van der Waals surface area contributed by atoms with Crippen LogP contribution in [0.15, 0.2) is 71.5 Å². The van der Waals surface area contributed by atoms with Gasteiger partial charge in [-0.05, 0) is 52.9 Å². The molecule has 1 aliphatic rings. The summed E-state index contributed by atoms with van der Waals surface area (Å²) in [7, 11) is 0. The number of nitrogens with one attached hydrogen (secondary N) is 2. The van der Waals surface area contributed by atoms with E-state index in [2.05, 4.69) is 66.8 Å². The monoisotopic (exact) mass is 450 g/mol. The van der Waals surface area contributed by atoms with Crippen LogP contribution in [0.1, 0.15) is 22.3 Å². The van der Waals surface area contributed by atoms with Crippen molar-refractivity contribution in [1.29, 1.82) is 0 Å². The van der Waals surface area contributed by atoms with Gasteiger partial charge in [-0.15, -0.1) is 0 Å². The maximum atomic E-state index is 12.1. The molecular weight excluding hydrogens is 428 g/mol. The lowest BCUT2D eigenvalue weighted by atomic mass is 9.99. The molecule has 4 rings (SSSR count). The van der Waals surface area contributed by atoms with E-state index >= 15 is 0 Å². The highest BCUT2D eigenvalue weighted by Crippen LogP contribution is 2.27. The Balaban J connectivity index is 1.29. The molecule has 0 unspecified atom stereocenters. The summed E-state index contributed by atoms with van der Waals surface area (Å²) >= 11 is 3.68. The van der Waals surface area contributed by atoms with E-state index in [4.69, 9.17) is 0 Å². The van der Waals surface area contributed by atoms with E-state index < -0.39 is 0 Å². The molecule has 0 saturated carbocycles. The number of halogens is 1. The molecule has 1 aliphatic heterocycles. The molecule has 0 aliphatic carbocycles. The summed E-state index contributed by atoms with van der Waals surface area (Å²) in [6.45, 7) is 3.35. The van der Waals surface area contributed by atoms with Gasteiger partial charge in [0.15, 0.2) is 0 Å². The van der Waals surface area contributed by atoms with Gasteiger partial charge in [0.2, 0.25) is 0 Å². The molecule has 2 heterocycles. The Morgan fingerprint density at radius 1 is 1.07 bits per heavy atom. The molecule has 1 aromatic heterocycles. The van der Waals surface area contributed by atoms with Crippen molar-refractivity contribution in [3.8, 4) is 0 Å². The summed E-state index contributed by atoms with van der Waals surface area (Å²) in [5.74, 6) is 0. The predicted molar refractivity (Wildman–Crippen MR) is 118 cm³/mol. The van der Waals surface area contributed by atoms with Crippen molar-refractivity contribution >= 4 is 27.6 Å². The van der Waals surface area contributed by atoms with Crippen molar-refractivity contribution in [2.24, 2.45) is 0 Å². The molecule has 2 amide bonds. The summed E-state index contributed by atoms with van der Waals surface area (Å²) < 4.78 is 1.19. The first kappa shape index (κ1) is 19.6. The Kier molecular flexibility index (Phi) is 6.22. The summed E-state index contributed by atoms with van der Waals surface area (Å²) in [6, 6.07) is 18.1. The zero-order valence-electron chi connectivity index (χ0n) is 16.1. The average molecular weight is 451 g/mol. The van der Waals surface area contributed by atoms with E-state index in [9.17, 15) is 4.79 Å². The second kappa shape index (κ2) is 9.20. The van der Waals surface area contributed by atoms with Crippen LogP contribution in [0.3, 0.4) is 0 Å². The fourth-order valence-electron chi connectivity index (χ4n) is 3.54. The molecule has 0 radical (unpaired) electrons. The van der Waals surface area contributed by atoms with Gasteiger partial charge in [-0.3, -0.25) is 9.88 Å². The predicted octanol–water partition coefficient (Wildman–Crippen LogP) is 4.72. The van der Waals surface area contributed by atoms with E-state index in [0.717, 1.165) is 37.3 Å². The topological polar surface area (TPSA) is 57.3 Å². The van der Waals surface area contributed by atoms with Crippen molar-refractivity contribution in [2.45, 2.75) is 26.1 Å². The third-order valence-corrected chi connectivity index (χ3v) is 5.83. The van der Waals surface area contributed by atoms with Gasteiger partial charge in [0.25, 0.3) is 0 Å². The van der Waals surface area contributed by atoms with E-state index in [1.165, 1.54) is 21.2 Å².